The summed E-state index contributed by atoms with van der Waals surface area (Å²) in [6.45, 7) is 7.09. The number of hydrogen-bond acceptors (Lipinski definition) is 14. The van der Waals surface area contributed by atoms with Crippen molar-refractivity contribution < 1.29 is 61.4 Å². The molecule has 5 rings (SSSR count). The molecule has 1 fully saturated rings. The van der Waals surface area contributed by atoms with E-state index in [2.05, 4.69) is 20.9 Å². The molecule has 3 aromatic carbocycles. The van der Waals surface area contributed by atoms with Gasteiger partial charge >= 0.3 is 0 Å². The molecule has 2 atom stereocenters. The molecule has 2 heterocycles. The van der Waals surface area contributed by atoms with E-state index >= 15 is 4.39 Å². The number of ether oxygens (including phenoxy) is 9. The van der Waals surface area contributed by atoms with E-state index in [9.17, 15) is 14.4 Å². The van der Waals surface area contributed by atoms with Crippen LogP contribution in [0.3, 0.4) is 0 Å². The third kappa shape index (κ3) is 14.4. The van der Waals surface area contributed by atoms with Crippen molar-refractivity contribution in [1.82, 2.24) is 16.0 Å². The highest BCUT2D eigenvalue weighted by Gasteiger charge is 2.31. The molecule has 0 aromatic heterocycles. The number of fused-ring (bicyclic) bond motifs is 1. The molecule has 1 saturated heterocycles. The van der Waals surface area contributed by atoms with Crippen LogP contribution in [-0.4, -0.2) is 156 Å². The second kappa shape index (κ2) is 25.7. The van der Waals surface area contributed by atoms with Gasteiger partial charge in [0.2, 0.25) is 0 Å². The molecule has 3 aromatic rings. The molecule has 0 saturated carbocycles. The van der Waals surface area contributed by atoms with Crippen molar-refractivity contribution in [3.05, 3.63) is 93.8 Å². The number of amides is 2. The van der Waals surface area contributed by atoms with Crippen molar-refractivity contribution in [2.45, 2.75) is 18.6 Å². The van der Waals surface area contributed by atoms with Crippen molar-refractivity contribution in [1.29, 1.82) is 0 Å². The summed E-state index contributed by atoms with van der Waals surface area (Å²) >= 11 is 0. The number of benzene rings is 3. The van der Waals surface area contributed by atoms with Crippen LogP contribution in [0.1, 0.15) is 47.8 Å². The number of nitrogens with zero attached hydrogens (tertiary/aromatic N) is 1. The molecule has 2 aliphatic rings. The number of aliphatic imine (C=N–C) groups is 1. The fourth-order valence-corrected chi connectivity index (χ4v) is 6.24. The molecule has 2 amide bonds. The second-order valence-corrected chi connectivity index (χ2v) is 13.6. The lowest BCUT2D eigenvalue weighted by Gasteiger charge is -2.21. The lowest BCUT2D eigenvalue weighted by atomic mass is 10.00. The summed E-state index contributed by atoms with van der Waals surface area (Å²) < 4.78 is 64.1. The highest BCUT2D eigenvalue weighted by molar-refractivity contribution is 6.11. The Morgan fingerprint density at radius 1 is 0.633 bits per heavy atom. The maximum atomic E-state index is 15.6. The zero-order valence-electron chi connectivity index (χ0n) is 34.2. The van der Waals surface area contributed by atoms with Crippen LogP contribution in [-0.2, 0) is 39.7 Å². The fourth-order valence-electron chi connectivity index (χ4n) is 6.24. The molecule has 16 nitrogen and oxygen atoms in total. The molecule has 2 aliphatic heterocycles. The van der Waals surface area contributed by atoms with Gasteiger partial charge in [-0.2, -0.15) is 0 Å². The van der Waals surface area contributed by atoms with E-state index in [0.29, 0.717) is 104 Å². The monoisotopic (exact) mass is 838 g/mol. The molecule has 3 N–H and O–H groups in total. The largest absolute Gasteiger partial charge is 0.494 e. The van der Waals surface area contributed by atoms with E-state index in [-0.39, 0.29) is 65.3 Å². The predicted molar refractivity (Wildman–Crippen MR) is 218 cm³/mol. The number of methoxy groups -OCH3 is 2. The normalized spacial score (nSPS) is 15.5. The molecule has 0 bridgehead atoms. The molecule has 0 unspecified atom stereocenters. The summed E-state index contributed by atoms with van der Waals surface area (Å²) in [5.74, 6) is -2.25. The summed E-state index contributed by atoms with van der Waals surface area (Å²) in [6, 6.07) is 13.5. The zero-order valence-corrected chi connectivity index (χ0v) is 34.2. The third-order valence-corrected chi connectivity index (χ3v) is 9.45. The number of carbonyl (C=O) groups is 3. The Bertz CT molecular complexity index is 1850. The Balaban J connectivity index is 0.982. The van der Waals surface area contributed by atoms with Gasteiger partial charge in [0.25, 0.3) is 11.8 Å². The number of rotatable bonds is 29. The average molecular weight is 839 g/mol. The van der Waals surface area contributed by atoms with Crippen LogP contribution in [0.15, 0.2) is 59.6 Å². The van der Waals surface area contributed by atoms with Crippen LogP contribution < -0.4 is 25.4 Å². The summed E-state index contributed by atoms with van der Waals surface area (Å²) in [4.78, 5) is 44.2. The Morgan fingerprint density at radius 3 is 1.67 bits per heavy atom. The van der Waals surface area contributed by atoms with Crippen LogP contribution >= 0.6 is 0 Å². The van der Waals surface area contributed by atoms with Gasteiger partial charge in [-0.25, -0.2) is 4.39 Å². The Morgan fingerprint density at radius 2 is 1.12 bits per heavy atom. The number of carbonyl (C=O) groups excluding carboxylic acids is 3. The zero-order chi connectivity index (χ0) is 42.4. The minimum absolute atomic E-state index is 0.0204. The van der Waals surface area contributed by atoms with E-state index in [0.717, 1.165) is 11.1 Å². The predicted octanol–water partition coefficient (Wildman–Crippen LogP) is 2.62. The summed E-state index contributed by atoms with van der Waals surface area (Å²) in [5.41, 5.74) is 2.65. The van der Waals surface area contributed by atoms with Crippen LogP contribution in [0.5, 0.6) is 11.5 Å². The highest BCUT2D eigenvalue weighted by atomic mass is 19.1. The molecule has 17 heteroatoms. The fraction of sp³-hybridized carbons (Fsp3) is 0.488. The first-order valence-electron chi connectivity index (χ1n) is 19.9. The van der Waals surface area contributed by atoms with Crippen LogP contribution in [0.4, 0.5) is 4.39 Å². The Hall–Kier alpha value is -4.85. The molecule has 60 heavy (non-hydrogen) atoms. The molecule has 0 spiro atoms. The highest BCUT2D eigenvalue weighted by Crippen LogP contribution is 2.31. The Kier molecular flexibility index (Phi) is 19.8. The summed E-state index contributed by atoms with van der Waals surface area (Å²) in [5, 5.41) is 9.20. The first-order valence-corrected chi connectivity index (χ1v) is 19.9. The van der Waals surface area contributed by atoms with Gasteiger partial charge in [0.15, 0.2) is 17.3 Å². The molecular weight excluding hydrogens is 783 g/mol. The van der Waals surface area contributed by atoms with Crippen molar-refractivity contribution in [3.8, 4) is 11.5 Å². The van der Waals surface area contributed by atoms with E-state index in [1.807, 2.05) is 12.1 Å². The van der Waals surface area contributed by atoms with Crippen molar-refractivity contribution in [3.63, 3.8) is 0 Å². The second-order valence-electron chi connectivity index (χ2n) is 13.6. The first-order chi connectivity index (χ1) is 29.4. The summed E-state index contributed by atoms with van der Waals surface area (Å²) in [7, 11) is 2.93. The van der Waals surface area contributed by atoms with Gasteiger partial charge < -0.3 is 58.6 Å². The van der Waals surface area contributed by atoms with Crippen molar-refractivity contribution in [2.24, 2.45) is 4.99 Å². The van der Waals surface area contributed by atoms with E-state index in [1.54, 1.807) is 19.4 Å². The minimum atomic E-state index is -0.871. The summed E-state index contributed by atoms with van der Waals surface area (Å²) in [6.07, 6.45) is 1.79. The lowest BCUT2D eigenvalue weighted by Crippen LogP contribution is -2.51. The van der Waals surface area contributed by atoms with E-state index in [1.165, 1.54) is 43.5 Å². The maximum Gasteiger partial charge on any atom is 0.251 e. The average Bonchev–Trinajstić information content (AvgIpc) is 3.93. The van der Waals surface area contributed by atoms with Gasteiger partial charge in [-0.3, -0.25) is 19.4 Å². The lowest BCUT2D eigenvalue weighted by molar-refractivity contribution is -0.0199. The standard InChI is InChI=1S/C43H55FN4O12/c1-52-11-12-54-13-14-55-15-16-56-17-18-57-19-20-58-21-22-59-23-24-60-37-9-10-38(53-2)40(44)39(37)41(49)30-3-5-31(6-4-30)42(50)47-35-28-46-29-36(35)48-43(51)32-7-8-33-26-45-27-34(33)25-32/h3-10,25-26,35-36,46H,11-24,27-29H2,1-2H3,(H,47,50)(H,48,51)/t35-,36+/m1/s1. The molecule has 0 radical (unpaired) electrons. The number of halogens is 1. The third-order valence-electron chi connectivity index (χ3n) is 9.45. The number of nitrogens with one attached hydrogen (secondary N) is 3. The maximum absolute atomic E-state index is 15.6. The van der Waals surface area contributed by atoms with Gasteiger partial charge in [-0.15, -0.1) is 0 Å². The van der Waals surface area contributed by atoms with Crippen LogP contribution in [0, 0.1) is 5.82 Å². The minimum Gasteiger partial charge on any atom is -0.494 e. The quantitative estimate of drug-likeness (QED) is 0.0687. The van der Waals surface area contributed by atoms with Gasteiger partial charge in [-0.1, -0.05) is 18.2 Å². The number of hydrogen-bond donors (Lipinski definition) is 3. The van der Waals surface area contributed by atoms with E-state index in [4.69, 9.17) is 42.6 Å². The molecule has 0 aliphatic carbocycles. The topological polar surface area (TPSA) is 183 Å². The SMILES string of the molecule is COCCOCCOCCOCCOCCOCCOCCOc1ccc(OC)c(F)c1C(=O)c1ccc(C(=O)N[C@@H]2CNC[C@@H]2NC(=O)c2ccc3c(c2)CN=C3)cc1. The van der Waals surface area contributed by atoms with Crippen LogP contribution in [0.2, 0.25) is 0 Å². The van der Waals surface area contributed by atoms with Gasteiger partial charge in [0.1, 0.15) is 17.9 Å². The first kappa shape index (κ1) is 46.2. The Labute approximate surface area is 349 Å². The number of ketones is 1. The van der Waals surface area contributed by atoms with Crippen molar-refractivity contribution in [2.75, 3.05) is 120 Å². The van der Waals surface area contributed by atoms with Gasteiger partial charge in [0, 0.05) is 43.1 Å². The van der Waals surface area contributed by atoms with Crippen molar-refractivity contribution >= 4 is 23.8 Å². The molecule has 326 valence electrons. The molecular formula is C43H55FN4O12. The van der Waals surface area contributed by atoms with Crippen LogP contribution in [0.25, 0.3) is 0 Å². The van der Waals surface area contributed by atoms with Gasteiger partial charge in [-0.05, 0) is 47.5 Å². The van der Waals surface area contributed by atoms with E-state index < -0.39 is 11.6 Å². The smallest absolute Gasteiger partial charge is 0.251 e. The van der Waals surface area contributed by atoms with Gasteiger partial charge in [0.05, 0.1) is 112 Å².